The number of H-pyrrole nitrogens is 2. The summed E-state index contributed by atoms with van der Waals surface area (Å²) in [5.74, 6) is 0.760. The van der Waals surface area contributed by atoms with Crippen LogP contribution < -0.4 is 16.0 Å². The number of benzene rings is 1. The predicted molar refractivity (Wildman–Crippen MR) is 68.1 cm³/mol. The van der Waals surface area contributed by atoms with Gasteiger partial charge in [-0.15, -0.1) is 0 Å². The maximum Gasteiger partial charge on any atom is 0.325 e. The zero-order valence-electron chi connectivity index (χ0n) is 10.0. The molecule has 94 valence electrons. The van der Waals surface area contributed by atoms with E-state index in [9.17, 15) is 9.59 Å². The number of hydrogen-bond donors (Lipinski definition) is 2. The highest BCUT2D eigenvalue weighted by molar-refractivity contribution is 5.21. The summed E-state index contributed by atoms with van der Waals surface area (Å²) < 4.78 is 5.51. The van der Waals surface area contributed by atoms with Crippen molar-refractivity contribution in [2.75, 3.05) is 6.61 Å². The van der Waals surface area contributed by atoms with Gasteiger partial charge in [-0.1, -0.05) is 18.2 Å². The molecule has 2 N–H and O–H groups in total. The molecule has 0 aliphatic heterocycles. The number of rotatable bonds is 4. The fraction of sp³-hybridized carbons (Fsp3) is 0.231. The molecule has 0 spiro atoms. The van der Waals surface area contributed by atoms with Gasteiger partial charge in [-0.2, -0.15) is 0 Å². The molecule has 0 unspecified atom stereocenters. The smallest absolute Gasteiger partial charge is 0.325 e. The number of aromatic amines is 2. The van der Waals surface area contributed by atoms with Gasteiger partial charge in [-0.05, 0) is 19.1 Å². The van der Waals surface area contributed by atoms with Crippen molar-refractivity contribution in [3.63, 3.8) is 0 Å². The van der Waals surface area contributed by atoms with Gasteiger partial charge in [0.15, 0.2) is 0 Å². The van der Waals surface area contributed by atoms with Crippen molar-refractivity contribution in [1.29, 1.82) is 0 Å². The number of ether oxygens (including phenoxy) is 1. The molecule has 0 radical (unpaired) electrons. The van der Waals surface area contributed by atoms with E-state index in [0.29, 0.717) is 24.3 Å². The van der Waals surface area contributed by atoms with Crippen LogP contribution in [0.15, 0.2) is 39.9 Å². The topological polar surface area (TPSA) is 75.0 Å². The molecule has 0 atom stereocenters. The lowest BCUT2D eigenvalue weighted by molar-refractivity contribution is 0.321. The Labute approximate surface area is 103 Å². The van der Waals surface area contributed by atoms with Gasteiger partial charge in [-0.25, -0.2) is 4.79 Å². The standard InChI is InChI=1S/C13H14N2O3/c1-9-11(12(16)15-13(17)14-9)7-8-18-10-5-3-2-4-6-10/h2-6H,7-8H2,1H3,(H2,14,15,16,17). The maximum absolute atomic E-state index is 11.6. The molecule has 2 rings (SSSR count). The highest BCUT2D eigenvalue weighted by atomic mass is 16.5. The van der Waals surface area contributed by atoms with E-state index in [2.05, 4.69) is 9.97 Å². The molecular weight excluding hydrogens is 232 g/mol. The van der Waals surface area contributed by atoms with Crippen LogP contribution in [0.3, 0.4) is 0 Å². The third-order valence-electron chi connectivity index (χ3n) is 2.62. The molecular formula is C13H14N2O3. The summed E-state index contributed by atoms with van der Waals surface area (Å²) in [4.78, 5) is 27.4. The molecule has 5 heteroatoms. The monoisotopic (exact) mass is 246 g/mol. The van der Waals surface area contributed by atoms with Gasteiger partial charge in [0.1, 0.15) is 5.75 Å². The second kappa shape index (κ2) is 5.35. The Bertz CT molecular complexity index is 629. The molecule has 1 heterocycles. The first-order chi connectivity index (χ1) is 8.66. The molecule has 1 aromatic heterocycles. The summed E-state index contributed by atoms with van der Waals surface area (Å²) in [6.07, 6.45) is 0.451. The minimum atomic E-state index is -0.481. The number of aryl methyl sites for hydroxylation is 1. The molecule has 0 bridgehead atoms. The molecule has 18 heavy (non-hydrogen) atoms. The van der Waals surface area contributed by atoms with Crippen LogP contribution in [-0.4, -0.2) is 16.6 Å². The zero-order chi connectivity index (χ0) is 13.0. The van der Waals surface area contributed by atoms with Gasteiger partial charge in [0.05, 0.1) is 6.61 Å². The molecule has 0 saturated carbocycles. The van der Waals surface area contributed by atoms with E-state index < -0.39 is 5.69 Å². The summed E-state index contributed by atoms with van der Waals surface area (Å²) in [6, 6.07) is 9.37. The second-order valence-corrected chi connectivity index (χ2v) is 3.92. The Morgan fingerprint density at radius 2 is 1.83 bits per heavy atom. The fourth-order valence-electron chi connectivity index (χ4n) is 1.71. The van der Waals surface area contributed by atoms with Crippen molar-refractivity contribution in [3.05, 3.63) is 62.4 Å². The molecule has 1 aromatic carbocycles. The van der Waals surface area contributed by atoms with Crippen LogP contribution >= 0.6 is 0 Å². The fourth-order valence-corrected chi connectivity index (χ4v) is 1.71. The second-order valence-electron chi connectivity index (χ2n) is 3.92. The predicted octanol–water partition coefficient (Wildman–Crippen LogP) is 0.993. The van der Waals surface area contributed by atoms with Gasteiger partial charge in [0.2, 0.25) is 0 Å². The average Bonchev–Trinajstić information content (AvgIpc) is 2.34. The Morgan fingerprint density at radius 1 is 1.11 bits per heavy atom. The zero-order valence-corrected chi connectivity index (χ0v) is 10.0. The highest BCUT2D eigenvalue weighted by Gasteiger charge is 2.05. The number of hydrogen-bond acceptors (Lipinski definition) is 3. The average molecular weight is 246 g/mol. The van der Waals surface area contributed by atoms with Crippen LogP contribution in [0.5, 0.6) is 5.75 Å². The van der Waals surface area contributed by atoms with E-state index in [1.165, 1.54) is 0 Å². The molecule has 0 saturated heterocycles. The molecule has 2 aromatic rings. The lowest BCUT2D eigenvalue weighted by atomic mass is 10.2. The largest absolute Gasteiger partial charge is 0.493 e. The normalized spacial score (nSPS) is 10.3. The van der Waals surface area contributed by atoms with Crippen LogP contribution in [0, 0.1) is 6.92 Å². The summed E-state index contributed by atoms with van der Waals surface area (Å²) in [5.41, 5.74) is 0.295. The van der Waals surface area contributed by atoms with Crippen molar-refractivity contribution in [2.24, 2.45) is 0 Å². The van der Waals surface area contributed by atoms with E-state index in [0.717, 1.165) is 5.75 Å². The maximum atomic E-state index is 11.6. The van der Waals surface area contributed by atoms with E-state index in [-0.39, 0.29) is 5.56 Å². The minimum Gasteiger partial charge on any atom is -0.493 e. The Hall–Kier alpha value is -2.30. The molecule has 0 fully saturated rings. The van der Waals surface area contributed by atoms with Crippen LogP contribution in [0.2, 0.25) is 0 Å². The minimum absolute atomic E-state index is 0.354. The van der Waals surface area contributed by atoms with Crippen molar-refractivity contribution in [3.8, 4) is 5.75 Å². The summed E-state index contributed by atoms with van der Waals surface area (Å²) >= 11 is 0. The Balaban J connectivity index is 2.03. The highest BCUT2D eigenvalue weighted by Crippen LogP contribution is 2.08. The van der Waals surface area contributed by atoms with Crippen LogP contribution in [-0.2, 0) is 6.42 Å². The lowest BCUT2D eigenvalue weighted by Crippen LogP contribution is -2.28. The number of nitrogens with one attached hydrogen (secondary N) is 2. The summed E-state index contributed by atoms with van der Waals surface area (Å²) in [7, 11) is 0. The van der Waals surface area contributed by atoms with Gasteiger partial charge in [0, 0.05) is 17.7 Å². The Kier molecular flexibility index (Phi) is 3.62. The van der Waals surface area contributed by atoms with Crippen molar-refractivity contribution in [1.82, 2.24) is 9.97 Å². The van der Waals surface area contributed by atoms with E-state index in [1.54, 1.807) is 6.92 Å². The van der Waals surface area contributed by atoms with Gasteiger partial charge >= 0.3 is 5.69 Å². The first kappa shape index (κ1) is 12.2. The molecule has 5 nitrogen and oxygen atoms in total. The lowest BCUT2D eigenvalue weighted by Gasteiger charge is -2.06. The van der Waals surface area contributed by atoms with E-state index in [1.807, 2.05) is 30.3 Å². The number of para-hydroxylation sites is 1. The SMILES string of the molecule is Cc1[nH]c(=O)[nH]c(=O)c1CCOc1ccccc1. The third kappa shape index (κ3) is 2.88. The quantitative estimate of drug-likeness (QED) is 0.844. The first-order valence-electron chi connectivity index (χ1n) is 5.67. The van der Waals surface area contributed by atoms with Crippen molar-refractivity contribution >= 4 is 0 Å². The van der Waals surface area contributed by atoms with Gasteiger partial charge in [0.25, 0.3) is 5.56 Å². The van der Waals surface area contributed by atoms with Crippen LogP contribution in [0.25, 0.3) is 0 Å². The Morgan fingerprint density at radius 3 is 2.50 bits per heavy atom. The molecule has 0 aliphatic rings. The molecule has 0 amide bonds. The van der Waals surface area contributed by atoms with Crippen molar-refractivity contribution < 1.29 is 4.74 Å². The summed E-state index contributed by atoms with van der Waals surface area (Å²) in [5, 5.41) is 0. The first-order valence-corrected chi connectivity index (χ1v) is 5.67. The van der Waals surface area contributed by atoms with Gasteiger partial charge in [-0.3, -0.25) is 9.78 Å². The van der Waals surface area contributed by atoms with Crippen LogP contribution in [0.1, 0.15) is 11.3 Å². The van der Waals surface area contributed by atoms with E-state index >= 15 is 0 Å². The van der Waals surface area contributed by atoms with Crippen molar-refractivity contribution in [2.45, 2.75) is 13.3 Å². The van der Waals surface area contributed by atoms with E-state index in [4.69, 9.17) is 4.74 Å². The van der Waals surface area contributed by atoms with Gasteiger partial charge < -0.3 is 9.72 Å². The number of aromatic nitrogens is 2. The third-order valence-corrected chi connectivity index (χ3v) is 2.62. The molecule has 0 aliphatic carbocycles. The van der Waals surface area contributed by atoms with Crippen LogP contribution in [0.4, 0.5) is 0 Å². The summed E-state index contributed by atoms with van der Waals surface area (Å²) in [6.45, 7) is 2.09.